The van der Waals surface area contributed by atoms with E-state index in [4.69, 9.17) is 5.11 Å². The van der Waals surface area contributed by atoms with Gasteiger partial charge in [0.25, 0.3) is 0 Å². The van der Waals surface area contributed by atoms with E-state index in [-0.39, 0.29) is 6.61 Å². The molecule has 2 rings (SSSR count). The van der Waals surface area contributed by atoms with Gasteiger partial charge in [-0.3, -0.25) is 0 Å². The van der Waals surface area contributed by atoms with Crippen molar-refractivity contribution in [3.63, 3.8) is 0 Å². The molecule has 2 unspecified atom stereocenters. The molecule has 0 spiro atoms. The van der Waals surface area contributed by atoms with Crippen molar-refractivity contribution in [2.75, 3.05) is 6.61 Å². The summed E-state index contributed by atoms with van der Waals surface area (Å²) in [6.45, 7) is 2.42. The minimum Gasteiger partial charge on any atom is -0.508 e. The molecule has 1 aliphatic carbocycles. The Hall–Kier alpha value is -1.06. The standard InChI is InChI=1S/C15H23NO2/c1-11(4-3-9-17)16-15-6-2-5-12-7-8-13(18)10-14(12)15/h7-8,10-11,15-18H,2-6,9H2,1H3. The van der Waals surface area contributed by atoms with Gasteiger partial charge in [-0.25, -0.2) is 0 Å². The number of phenols is 1. The van der Waals surface area contributed by atoms with Crippen LogP contribution in [0.15, 0.2) is 18.2 Å². The Balaban J connectivity index is 2.05. The van der Waals surface area contributed by atoms with Gasteiger partial charge in [-0.1, -0.05) is 6.07 Å². The van der Waals surface area contributed by atoms with Crippen LogP contribution in [0.3, 0.4) is 0 Å². The van der Waals surface area contributed by atoms with Crippen molar-refractivity contribution < 1.29 is 10.2 Å². The maximum absolute atomic E-state index is 9.62. The van der Waals surface area contributed by atoms with E-state index in [1.807, 2.05) is 12.1 Å². The monoisotopic (exact) mass is 249 g/mol. The Bertz CT molecular complexity index is 392. The van der Waals surface area contributed by atoms with Crippen LogP contribution in [0.1, 0.15) is 49.8 Å². The maximum Gasteiger partial charge on any atom is 0.115 e. The number of fused-ring (bicyclic) bond motifs is 1. The molecule has 3 N–H and O–H groups in total. The van der Waals surface area contributed by atoms with E-state index in [0.29, 0.717) is 17.8 Å². The Labute approximate surface area is 109 Å². The third-order valence-electron chi connectivity index (χ3n) is 3.72. The highest BCUT2D eigenvalue weighted by atomic mass is 16.3. The van der Waals surface area contributed by atoms with Crippen LogP contribution < -0.4 is 5.32 Å². The molecule has 1 aromatic carbocycles. The second-order valence-corrected chi connectivity index (χ2v) is 5.26. The van der Waals surface area contributed by atoms with E-state index in [0.717, 1.165) is 25.7 Å². The zero-order valence-corrected chi connectivity index (χ0v) is 11.0. The lowest BCUT2D eigenvalue weighted by molar-refractivity contribution is 0.272. The van der Waals surface area contributed by atoms with Crippen LogP contribution in [-0.2, 0) is 6.42 Å². The van der Waals surface area contributed by atoms with Crippen molar-refractivity contribution in [2.24, 2.45) is 0 Å². The van der Waals surface area contributed by atoms with Gasteiger partial charge in [0, 0.05) is 18.7 Å². The Morgan fingerprint density at radius 1 is 1.44 bits per heavy atom. The predicted molar refractivity (Wildman–Crippen MR) is 72.7 cm³/mol. The minimum atomic E-state index is 0.258. The van der Waals surface area contributed by atoms with Gasteiger partial charge in [0.05, 0.1) is 0 Å². The van der Waals surface area contributed by atoms with Gasteiger partial charge in [-0.15, -0.1) is 0 Å². The average molecular weight is 249 g/mol. The Morgan fingerprint density at radius 2 is 2.28 bits per heavy atom. The molecule has 1 aromatic rings. The molecule has 0 aliphatic heterocycles. The predicted octanol–water partition coefficient (Wildman–Crippen LogP) is 2.52. The second kappa shape index (κ2) is 6.21. The number of rotatable bonds is 5. The number of hydrogen-bond acceptors (Lipinski definition) is 3. The summed E-state index contributed by atoms with van der Waals surface area (Å²) in [6.07, 6.45) is 5.26. The van der Waals surface area contributed by atoms with E-state index < -0.39 is 0 Å². The Kier molecular flexibility index (Phi) is 4.61. The highest BCUT2D eigenvalue weighted by Crippen LogP contribution is 2.32. The normalized spacial score (nSPS) is 20.4. The first-order valence-electron chi connectivity index (χ1n) is 6.89. The summed E-state index contributed by atoms with van der Waals surface area (Å²) in [5, 5.41) is 22.1. The first-order chi connectivity index (χ1) is 8.70. The number of hydrogen-bond donors (Lipinski definition) is 3. The van der Waals surface area contributed by atoms with E-state index in [1.165, 1.54) is 17.5 Å². The topological polar surface area (TPSA) is 52.5 Å². The highest BCUT2D eigenvalue weighted by molar-refractivity contribution is 5.38. The lowest BCUT2D eigenvalue weighted by Gasteiger charge is -2.29. The number of phenolic OH excluding ortho intramolecular Hbond substituents is 1. The van der Waals surface area contributed by atoms with Crippen LogP contribution in [0, 0.1) is 0 Å². The van der Waals surface area contributed by atoms with Crippen LogP contribution in [-0.4, -0.2) is 22.9 Å². The molecule has 100 valence electrons. The van der Waals surface area contributed by atoms with Gasteiger partial charge < -0.3 is 15.5 Å². The third kappa shape index (κ3) is 3.24. The molecule has 3 nitrogen and oxygen atoms in total. The molecular formula is C15H23NO2. The van der Waals surface area contributed by atoms with Crippen molar-refractivity contribution in [2.45, 2.75) is 51.1 Å². The summed E-state index contributed by atoms with van der Waals surface area (Å²) in [4.78, 5) is 0. The van der Waals surface area contributed by atoms with Crippen LogP contribution in [0.4, 0.5) is 0 Å². The molecule has 0 fully saturated rings. The van der Waals surface area contributed by atoms with Crippen LogP contribution >= 0.6 is 0 Å². The molecule has 0 heterocycles. The maximum atomic E-state index is 9.62. The van der Waals surface area contributed by atoms with Gasteiger partial charge >= 0.3 is 0 Å². The van der Waals surface area contributed by atoms with E-state index >= 15 is 0 Å². The lowest BCUT2D eigenvalue weighted by Crippen LogP contribution is -2.32. The second-order valence-electron chi connectivity index (χ2n) is 5.26. The van der Waals surface area contributed by atoms with Crippen molar-refractivity contribution in [1.82, 2.24) is 5.32 Å². The molecule has 2 atom stereocenters. The summed E-state index contributed by atoms with van der Waals surface area (Å²) in [5.41, 5.74) is 2.60. The van der Waals surface area contributed by atoms with Gasteiger partial charge in [-0.2, -0.15) is 0 Å². The molecule has 0 saturated heterocycles. The fraction of sp³-hybridized carbons (Fsp3) is 0.600. The minimum absolute atomic E-state index is 0.258. The fourth-order valence-electron chi connectivity index (χ4n) is 2.78. The van der Waals surface area contributed by atoms with Gasteiger partial charge in [0.2, 0.25) is 0 Å². The van der Waals surface area contributed by atoms with Crippen molar-refractivity contribution in [1.29, 1.82) is 0 Å². The molecule has 0 saturated carbocycles. The van der Waals surface area contributed by atoms with Crippen molar-refractivity contribution >= 4 is 0 Å². The van der Waals surface area contributed by atoms with Crippen molar-refractivity contribution in [3.05, 3.63) is 29.3 Å². The number of benzene rings is 1. The van der Waals surface area contributed by atoms with Crippen LogP contribution in [0.5, 0.6) is 5.75 Å². The third-order valence-corrected chi connectivity index (χ3v) is 3.72. The summed E-state index contributed by atoms with van der Waals surface area (Å²) in [6, 6.07) is 6.45. The van der Waals surface area contributed by atoms with Gasteiger partial charge in [0.1, 0.15) is 5.75 Å². The number of aliphatic hydroxyl groups excluding tert-OH is 1. The lowest BCUT2D eigenvalue weighted by atomic mass is 9.87. The van der Waals surface area contributed by atoms with E-state index in [2.05, 4.69) is 12.2 Å². The van der Waals surface area contributed by atoms with Crippen LogP contribution in [0.25, 0.3) is 0 Å². The molecule has 0 aromatic heterocycles. The largest absolute Gasteiger partial charge is 0.508 e. The quantitative estimate of drug-likeness (QED) is 0.751. The number of nitrogens with one attached hydrogen (secondary N) is 1. The summed E-state index contributed by atoms with van der Waals surface area (Å²) in [5.74, 6) is 0.352. The number of aryl methyl sites for hydroxylation is 1. The average Bonchev–Trinajstić information content (AvgIpc) is 2.37. The molecule has 0 amide bonds. The molecule has 1 aliphatic rings. The molecule has 18 heavy (non-hydrogen) atoms. The van der Waals surface area contributed by atoms with Gasteiger partial charge in [-0.05, 0) is 62.3 Å². The first-order valence-corrected chi connectivity index (χ1v) is 6.89. The molecule has 0 bridgehead atoms. The zero-order valence-electron chi connectivity index (χ0n) is 11.0. The summed E-state index contributed by atoms with van der Waals surface area (Å²) in [7, 11) is 0. The SMILES string of the molecule is CC(CCCO)NC1CCCc2ccc(O)cc21. The highest BCUT2D eigenvalue weighted by Gasteiger charge is 2.21. The zero-order chi connectivity index (χ0) is 13.0. The van der Waals surface area contributed by atoms with E-state index in [9.17, 15) is 5.11 Å². The molecular weight excluding hydrogens is 226 g/mol. The van der Waals surface area contributed by atoms with Crippen molar-refractivity contribution in [3.8, 4) is 5.75 Å². The Morgan fingerprint density at radius 3 is 3.06 bits per heavy atom. The first kappa shape index (κ1) is 13.4. The number of aromatic hydroxyl groups is 1. The smallest absolute Gasteiger partial charge is 0.115 e. The van der Waals surface area contributed by atoms with E-state index in [1.54, 1.807) is 6.07 Å². The summed E-state index contributed by atoms with van der Waals surface area (Å²) >= 11 is 0. The fourth-order valence-corrected chi connectivity index (χ4v) is 2.78. The molecule has 3 heteroatoms. The van der Waals surface area contributed by atoms with Crippen LogP contribution in [0.2, 0.25) is 0 Å². The molecule has 0 radical (unpaired) electrons. The number of aliphatic hydroxyl groups is 1. The van der Waals surface area contributed by atoms with Gasteiger partial charge in [0.15, 0.2) is 0 Å². The summed E-state index contributed by atoms with van der Waals surface area (Å²) < 4.78 is 0.